The van der Waals surface area contributed by atoms with Crippen LogP contribution in [0.3, 0.4) is 0 Å². The standard InChI is InChI=1S/C12H22/c1-4-12(11(2)3)9-7-5-6-8-10-12/h4,11H,1,5-10H2,2-3H3. The van der Waals surface area contributed by atoms with Crippen LogP contribution in [-0.2, 0) is 0 Å². The van der Waals surface area contributed by atoms with Crippen LogP contribution < -0.4 is 0 Å². The molecule has 0 atom stereocenters. The molecule has 0 unspecified atom stereocenters. The smallest absolute Gasteiger partial charge is 0.00979 e. The lowest BCUT2D eigenvalue weighted by atomic mass is 9.72. The van der Waals surface area contributed by atoms with Gasteiger partial charge in [-0.05, 0) is 24.2 Å². The Bertz CT molecular complexity index is 136. The van der Waals surface area contributed by atoms with E-state index in [9.17, 15) is 0 Å². The molecule has 12 heavy (non-hydrogen) atoms. The normalized spacial score (nSPS) is 23.6. The van der Waals surface area contributed by atoms with Crippen LogP contribution >= 0.6 is 0 Å². The quantitative estimate of drug-likeness (QED) is 0.426. The van der Waals surface area contributed by atoms with Crippen molar-refractivity contribution in [2.75, 3.05) is 0 Å². The Morgan fingerprint density at radius 3 is 1.92 bits per heavy atom. The van der Waals surface area contributed by atoms with Crippen molar-refractivity contribution >= 4 is 0 Å². The third-order valence-corrected chi connectivity index (χ3v) is 3.59. The molecule has 1 fully saturated rings. The molecule has 0 spiro atoms. The molecule has 0 aromatic rings. The lowest BCUT2D eigenvalue weighted by Crippen LogP contribution is -2.23. The predicted octanol–water partition coefficient (Wildman–Crippen LogP) is 4.17. The minimum atomic E-state index is 0.469. The van der Waals surface area contributed by atoms with Crippen LogP contribution in [0.2, 0.25) is 0 Å². The molecule has 0 nitrogen and oxygen atoms in total. The Morgan fingerprint density at radius 1 is 1.08 bits per heavy atom. The molecule has 1 aliphatic carbocycles. The number of rotatable bonds is 2. The van der Waals surface area contributed by atoms with Crippen molar-refractivity contribution in [2.24, 2.45) is 11.3 Å². The van der Waals surface area contributed by atoms with E-state index in [2.05, 4.69) is 26.5 Å². The average molecular weight is 166 g/mol. The van der Waals surface area contributed by atoms with Gasteiger partial charge in [-0.3, -0.25) is 0 Å². The molecule has 0 heterocycles. The Kier molecular flexibility index (Phi) is 3.37. The van der Waals surface area contributed by atoms with Crippen molar-refractivity contribution in [1.82, 2.24) is 0 Å². The lowest BCUT2D eigenvalue weighted by molar-refractivity contribution is 0.229. The summed E-state index contributed by atoms with van der Waals surface area (Å²) in [5, 5.41) is 0. The molecule has 1 rings (SSSR count). The minimum absolute atomic E-state index is 0.469. The van der Waals surface area contributed by atoms with Crippen molar-refractivity contribution in [1.29, 1.82) is 0 Å². The highest BCUT2D eigenvalue weighted by molar-refractivity contribution is 4.97. The maximum Gasteiger partial charge on any atom is -0.00979 e. The second-order valence-corrected chi connectivity index (χ2v) is 4.51. The second-order valence-electron chi connectivity index (χ2n) is 4.51. The predicted molar refractivity (Wildman–Crippen MR) is 55.2 cm³/mol. The fourth-order valence-corrected chi connectivity index (χ4v) is 2.40. The van der Waals surface area contributed by atoms with Gasteiger partial charge in [0.25, 0.3) is 0 Å². The van der Waals surface area contributed by atoms with Crippen molar-refractivity contribution in [3.63, 3.8) is 0 Å². The summed E-state index contributed by atoms with van der Waals surface area (Å²) in [5.41, 5.74) is 0.469. The van der Waals surface area contributed by atoms with Crippen LogP contribution in [0, 0.1) is 11.3 Å². The highest BCUT2D eigenvalue weighted by Gasteiger charge is 2.30. The van der Waals surface area contributed by atoms with Crippen molar-refractivity contribution in [2.45, 2.75) is 52.4 Å². The molecule has 1 aliphatic rings. The van der Waals surface area contributed by atoms with Crippen molar-refractivity contribution < 1.29 is 0 Å². The Hall–Kier alpha value is -0.260. The van der Waals surface area contributed by atoms with Gasteiger partial charge < -0.3 is 0 Å². The molecule has 0 aliphatic heterocycles. The summed E-state index contributed by atoms with van der Waals surface area (Å²) in [6.07, 6.45) is 10.6. The molecule has 0 aromatic heterocycles. The molecule has 0 amide bonds. The van der Waals surface area contributed by atoms with Crippen molar-refractivity contribution in [3.05, 3.63) is 12.7 Å². The summed E-state index contributed by atoms with van der Waals surface area (Å²) in [7, 11) is 0. The summed E-state index contributed by atoms with van der Waals surface area (Å²) in [6, 6.07) is 0. The molecule has 0 bridgehead atoms. The number of allylic oxidation sites excluding steroid dienone is 1. The van der Waals surface area contributed by atoms with Gasteiger partial charge in [0.2, 0.25) is 0 Å². The van der Waals surface area contributed by atoms with Crippen LogP contribution in [0.4, 0.5) is 0 Å². The molecule has 0 heteroatoms. The van der Waals surface area contributed by atoms with Crippen LogP contribution in [0.5, 0.6) is 0 Å². The largest absolute Gasteiger partial charge is 0.103 e. The van der Waals surface area contributed by atoms with E-state index in [1.807, 2.05) is 0 Å². The fraction of sp³-hybridized carbons (Fsp3) is 0.833. The van der Waals surface area contributed by atoms with Gasteiger partial charge in [0.05, 0.1) is 0 Å². The van der Waals surface area contributed by atoms with Crippen LogP contribution in [0.25, 0.3) is 0 Å². The van der Waals surface area contributed by atoms with Gasteiger partial charge in [0.15, 0.2) is 0 Å². The zero-order valence-corrected chi connectivity index (χ0v) is 8.60. The van der Waals surface area contributed by atoms with E-state index in [-0.39, 0.29) is 0 Å². The van der Waals surface area contributed by atoms with E-state index in [1.165, 1.54) is 38.5 Å². The average Bonchev–Trinajstić information content (AvgIpc) is 2.29. The number of hydrogen-bond acceptors (Lipinski definition) is 0. The lowest BCUT2D eigenvalue weighted by Gasteiger charge is -2.33. The molecule has 0 saturated heterocycles. The van der Waals surface area contributed by atoms with E-state index in [0.717, 1.165) is 5.92 Å². The first kappa shape index (κ1) is 9.83. The zero-order chi connectivity index (χ0) is 9.03. The molecule has 70 valence electrons. The van der Waals surface area contributed by atoms with Gasteiger partial charge in [-0.2, -0.15) is 0 Å². The van der Waals surface area contributed by atoms with E-state index < -0.39 is 0 Å². The molecule has 0 N–H and O–H groups in total. The maximum atomic E-state index is 4.02. The van der Waals surface area contributed by atoms with E-state index in [0.29, 0.717) is 5.41 Å². The first-order chi connectivity index (χ1) is 5.71. The van der Waals surface area contributed by atoms with Gasteiger partial charge in [0, 0.05) is 0 Å². The van der Waals surface area contributed by atoms with Gasteiger partial charge in [-0.15, -0.1) is 6.58 Å². The first-order valence-electron chi connectivity index (χ1n) is 5.35. The van der Waals surface area contributed by atoms with Gasteiger partial charge in [0.1, 0.15) is 0 Å². The molecule has 0 aromatic carbocycles. The first-order valence-corrected chi connectivity index (χ1v) is 5.35. The highest BCUT2D eigenvalue weighted by Crippen LogP contribution is 2.42. The Labute approximate surface area is 77.1 Å². The molecule has 1 saturated carbocycles. The van der Waals surface area contributed by atoms with Gasteiger partial charge >= 0.3 is 0 Å². The minimum Gasteiger partial charge on any atom is -0.103 e. The van der Waals surface area contributed by atoms with Gasteiger partial charge in [-0.1, -0.05) is 45.6 Å². The van der Waals surface area contributed by atoms with E-state index in [1.54, 1.807) is 0 Å². The van der Waals surface area contributed by atoms with Crippen LogP contribution in [0.1, 0.15) is 52.4 Å². The third kappa shape index (κ3) is 1.91. The van der Waals surface area contributed by atoms with Crippen molar-refractivity contribution in [3.8, 4) is 0 Å². The van der Waals surface area contributed by atoms with E-state index in [4.69, 9.17) is 0 Å². The van der Waals surface area contributed by atoms with Gasteiger partial charge in [-0.25, -0.2) is 0 Å². The number of hydrogen-bond donors (Lipinski definition) is 0. The zero-order valence-electron chi connectivity index (χ0n) is 8.60. The van der Waals surface area contributed by atoms with Crippen LogP contribution in [0.15, 0.2) is 12.7 Å². The molecular formula is C12H22. The summed E-state index contributed by atoms with van der Waals surface area (Å²) >= 11 is 0. The summed E-state index contributed by atoms with van der Waals surface area (Å²) < 4.78 is 0. The summed E-state index contributed by atoms with van der Waals surface area (Å²) in [5.74, 6) is 0.771. The fourth-order valence-electron chi connectivity index (χ4n) is 2.40. The Balaban J connectivity index is 2.67. The molecular weight excluding hydrogens is 144 g/mol. The SMILES string of the molecule is C=CC1(C(C)C)CCCCCC1. The summed E-state index contributed by atoms with van der Waals surface area (Å²) in [4.78, 5) is 0. The maximum absolute atomic E-state index is 4.02. The third-order valence-electron chi connectivity index (χ3n) is 3.59. The topological polar surface area (TPSA) is 0 Å². The molecule has 0 radical (unpaired) electrons. The van der Waals surface area contributed by atoms with Crippen LogP contribution in [-0.4, -0.2) is 0 Å². The Morgan fingerprint density at radius 2 is 1.58 bits per heavy atom. The highest BCUT2D eigenvalue weighted by atomic mass is 14.3. The second kappa shape index (κ2) is 4.11. The van der Waals surface area contributed by atoms with E-state index >= 15 is 0 Å². The monoisotopic (exact) mass is 166 g/mol. The summed E-state index contributed by atoms with van der Waals surface area (Å²) in [6.45, 7) is 8.70.